The fraction of sp³-hybridized carbons (Fsp3) is 0. The quantitative estimate of drug-likeness (QED) is 0.538. The van der Waals surface area contributed by atoms with E-state index in [0.717, 1.165) is 5.56 Å². The third-order valence-electron chi connectivity index (χ3n) is 3.05. The lowest BCUT2D eigenvalue weighted by molar-refractivity contribution is -0.384. The zero-order chi connectivity index (χ0) is 16.2. The third kappa shape index (κ3) is 3.46. The van der Waals surface area contributed by atoms with Crippen molar-refractivity contribution in [3.8, 4) is 11.5 Å². The van der Waals surface area contributed by atoms with Gasteiger partial charge >= 0.3 is 0 Å². The molecular weight excluding hydrogens is 301 g/mol. The fourth-order valence-electron chi connectivity index (χ4n) is 1.89. The summed E-state index contributed by atoms with van der Waals surface area (Å²) in [5, 5.41) is 18.3. The number of hydrogen-bond acceptors (Lipinski definition) is 5. The first-order chi connectivity index (χ1) is 11.1. The summed E-state index contributed by atoms with van der Waals surface area (Å²) in [6.07, 6.45) is 3.30. The first kappa shape index (κ1) is 14.6. The molecule has 0 bridgehead atoms. The van der Waals surface area contributed by atoms with Crippen LogP contribution in [0, 0.1) is 15.9 Å². The smallest absolute Gasteiger partial charge is 0.269 e. The molecular formula is C16H10FN3O3. The van der Waals surface area contributed by atoms with Crippen molar-refractivity contribution in [1.82, 2.24) is 10.2 Å². The molecule has 0 saturated heterocycles. The van der Waals surface area contributed by atoms with Crippen LogP contribution in [0.1, 0.15) is 11.5 Å². The van der Waals surface area contributed by atoms with E-state index in [0.29, 0.717) is 5.56 Å². The average Bonchev–Trinajstić information content (AvgIpc) is 3.03. The van der Waals surface area contributed by atoms with E-state index in [1.807, 2.05) is 0 Å². The van der Waals surface area contributed by atoms with Crippen molar-refractivity contribution >= 4 is 17.8 Å². The average molecular weight is 311 g/mol. The third-order valence-corrected chi connectivity index (χ3v) is 3.05. The van der Waals surface area contributed by atoms with Crippen LogP contribution in [0.3, 0.4) is 0 Å². The SMILES string of the molecule is O=[N+]([O-])c1ccc(/C=C/c2nnc(-c3ccc(F)cc3)o2)cc1. The number of benzene rings is 2. The highest BCUT2D eigenvalue weighted by Crippen LogP contribution is 2.19. The Morgan fingerprint density at radius 1 is 1.00 bits per heavy atom. The van der Waals surface area contributed by atoms with Gasteiger partial charge in [0.1, 0.15) is 5.82 Å². The van der Waals surface area contributed by atoms with Crippen molar-refractivity contribution in [3.63, 3.8) is 0 Å². The molecule has 0 aliphatic carbocycles. The van der Waals surface area contributed by atoms with Gasteiger partial charge in [-0.15, -0.1) is 10.2 Å². The molecule has 7 heteroatoms. The van der Waals surface area contributed by atoms with Crippen LogP contribution in [0.2, 0.25) is 0 Å². The molecule has 23 heavy (non-hydrogen) atoms. The molecule has 0 aliphatic heterocycles. The molecule has 0 spiro atoms. The van der Waals surface area contributed by atoms with Gasteiger partial charge in [-0.25, -0.2) is 4.39 Å². The largest absolute Gasteiger partial charge is 0.417 e. The molecule has 0 atom stereocenters. The van der Waals surface area contributed by atoms with E-state index < -0.39 is 4.92 Å². The van der Waals surface area contributed by atoms with Crippen LogP contribution in [0.4, 0.5) is 10.1 Å². The lowest BCUT2D eigenvalue weighted by Crippen LogP contribution is -1.86. The van der Waals surface area contributed by atoms with Crippen LogP contribution in [-0.2, 0) is 0 Å². The van der Waals surface area contributed by atoms with Gasteiger partial charge in [-0.05, 0) is 48.0 Å². The Kier molecular flexibility index (Phi) is 3.92. The first-order valence-corrected chi connectivity index (χ1v) is 6.64. The van der Waals surface area contributed by atoms with E-state index in [-0.39, 0.29) is 23.3 Å². The maximum atomic E-state index is 12.9. The van der Waals surface area contributed by atoms with Gasteiger partial charge in [0.05, 0.1) is 4.92 Å². The predicted molar refractivity (Wildman–Crippen MR) is 81.7 cm³/mol. The van der Waals surface area contributed by atoms with E-state index in [2.05, 4.69) is 10.2 Å². The summed E-state index contributed by atoms with van der Waals surface area (Å²) >= 11 is 0. The number of rotatable bonds is 4. The Morgan fingerprint density at radius 3 is 2.35 bits per heavy atom. The van der Waals surface area contributed by atoms with Crippen LogP contribution in [-0.4, -0.2) is 15.1 Å². The monoisotopic (exact) mass is 311 g/mol. The normalized spacial score (nSPS) is 11.0. The molecule has 114 valence electrons. The second-order valence-electron chi connectivity index (χ2n) is 4.63. The molecule has 0 aliphatic rings. The number of nitro benzene ring substituents is 1. The highest BCUT2D eigenvalue weighted by atomic mass is 19.1. The van der Waals surface area contributed by atoms with E-state index in [4.69, 9.17) is 4.42 Å². The molecule has 3 rings (SSSR count). The fourth-order valence-corrected chi connectivity index (χ4v) is 1.89. The van der Waals surface area contributed by atoms with Crippen molar-refractivity contribution in [2.45, 2.75) is 0 Å². The molecule has 0 N–H and O–H groups in total. The van der Waals surface area contributed by atoms with Gasteiger partial charge < -0.3 is 4.42 Å². The number of nitrogens with zero attached hydrogens (tertiary/aromatic N) is 3. The van der Waals surface area contributed by atoms with Gasteiger partial charge in [0.25, 0.3) is 5.69 Å². The molecule has 6 nitrogen and oxygen atoms in total. The van der Waals surface area contributed by atoms with Crippen molar-refractivity contribution < 1.29 is 13.7 Å². The zero-order valence-electron chi connectivity index (χ0n) is 11.7. The van der Waals surface area contributed by atoms with Crippen LogP contribution in [0.15, 0.2) is 52.9 Å². The lowest BCUT2D eigenvalue weighted by atomic mass is 10.2. The molecule has 0 unspecified atom stereocenters. The van der Waals surface area contributed by atoms with Crippen LogP contribution >= 0.6 is 0 Å². The van der Waals surface area contributed by atoms with Gasteiger partial charge in [-0.2, -0.15) is 0 Å². The van der Waals surface area contributed by atoms with Crippen molar-refractivity contribution in [2.75, 3.05) is 0 Å². The number of hydrogen-bond donors (Lipinski definition) is 0. The summed E-state index contributed by atoms with van der Waals surface area (Å²) in [6, 6.07) is 11.8. The van der Waals surface area contributed by atoms with E-state index in [1.165, 1.54) is 24.3 Å². The number of aromatic nitrogens is 2. The summed E-state index contributed by atoms with van der Waals surface area (Å²) in [7, 11) is 0. The topological polar surface area (TPSA) is 82.1 Å². The Labute approximate surface area is 130 Å². The van der Waals surface area contributed by atoms with E-state index >= 15 is 0 Å². The number of halogens is 1. The Hall–Kier alpha value is -3.35. The Morgan fingerprint density at radius 2 is 1.70 bits per heavy atom. The lowest BCUT2D eigenvalue weighted by Gasteiger charge is -1.93. The van der Waals surface area contributed by atoms with Crippen molar-refractivity contribution in [2.24, 2.45) is 0 Å². The summed E-state index contributed by atoms with van der Waals surface area (Å²) < 4.78 is 18.3. The molecule has 0 fully saturated rings. The Balaban J connectivity index is 1.75. The molecule has 0 saturated carbocycles. The van der Waals surface area contributed by atoms with Crippen LogP contribution < -0.4 is 0 Å². The highest BCUT2D eigenvalue weighted by Gasteiger charge is 2.07. The maximum Gasteiger partial charge on any atom is 0.269 e. The maximum absolute atomic E-state index is 12.9. The minimum absolute atomic E-state index is 0.0264. The summed E-state index contributed by atoms with van der Waals surface area (Å²) in [5.74, 6) is 0.225. The van der Waals surface area contributed by atoms with Crippen LogP contribution in [0.5, 0.6) is 0 Å². The van der Waals surface area contributed by atoms with Gasteiger partial charge in [0, 0.05) is 23.8 Å². The highest BCUT2D eigenvalue weighted by molar-refractivity contribution is 5.67. The predicted octanol–water partition coefficient (Wildman–Crippen LogP) is 3.95. The minimum atomic E-state index is -0.458. The summed E-state index contributed by atoms with van der Waals surface area (Å²) in [6.45, 7) is 0. The first-order valence-electron chi connectivity index (χ1n) is 6.64. The zero-order valence-corrected chi connectivity index (χ0v) is 11.7. The number of non-ortho nitro benzene ring substituents is 1. The molecule has 0 radical (unpaired) electrons. The van der Waals surface area contributed by atoms with E-state index in [1.54, 1.807) is 36.4 Å². The van der Waals surface area contributed by atoms with E-state index in [9.17, 15) is 14.5 Å². The van der Waals surface area contributed by atoms with Gasteiger partial charge in [-0.1, -0.05) is 0 Å². The summed E-state index contributed by atoms with van der Waals surface area (Å²) in [5.41, 5.74) is 1.41. The Bertz CT molecular complexity index is 855. The molecule has 1 aromatic heterocycles. The van der Waals surface area contributed by atoms with Gasteiger partial charge in [0.2, 0.25) is 11.8 Å². The molecule has 1 heterocycles. The second kappa shape index (κ2) is 6.18. The van der Waals surface area contributed by atoms with Gasteiger partial charge in [0.15, 0.2) is 0 Å². The number of nitro groups is 1. The minimum Gasteiger partial charge on any atom is -0.417 e. The molecule has 2 aromatic carbocycles. The second-order valence-corrected chi connectivity index (χ2v) is 4.63. The summed E-state index contributed by atoms with van der Waals surface area (Å²) in [4.78, 5) is 10.1. The van der Waals surface area contributed by atoms with Crippen molar-refractivity contribution in [3.05, 3.63) is 75.9 Å². The standard InChI is InChI=1S/C16H10FN3O3/c17-13-6-4-12(5-7-13)16-19-18-15(23-16)10-3-11-1-8-14(9-2-11)20(21)22/h1-10H/b10-3+. The van der Waals surface area contributed by atoms with Gasteiger partial charge in [-0.3, -0.25) is 10.1 Å². The van der Waals surface area contributed by atoms with Crippen LogP contribution in [0.25, 0.3) is 23.6 Å². The molecule has 3 aromatic rings. The van der Waals surface area contributed by atoms with Crippen molar-refractivity contribution in [1.29, 1.82) is 0 Å². The molecule has 0 amide bonds.